The van der Waals surface area contributed by atoms with E-state index in [-0.39, 0.29) is 19.4 Å². The molecule has 7 heteroatoms. The molecule has 1 aromatic carbocycles. The number of methoxy groups -OCH3 is 1. The summed E-state index contributed by atoms with van der Waals surface area (Å²) in [4.78, 5) is 23.9. The standard InChI is InChI=1S/C16H21NO6/c1-21-14(18)13(16(20)7-9-22-10-8-16)17-15(19)23-11-12-5-3-2-4-6-12/h2-6,13,20H,7-11H2,1H3,(H,17,19). The van der Waals surface area contributed by atoms with Crippen LogP contribution in [0.1, 0.15) is 18.4 Å². The summed E-state index contributed by atoms with van der Waals surface area (Å²) < 4.78 is 15.0. The highest BCUT2D eigenvalue weighted by atomic mass is 16.6. The predicted molar refractivity (Wildman–Crippen MR) is 80.6 cm³/mol. The lowest BCUT2D eigenvalue weighted by Crippen LogP contribution is -2.59. The van der Waals surface area contributed by atoms with E-state index in [1.54, 1.807) is 0 Å². The van der Waals surface area contributed by atoms with Crippen LogP contribution >= 0.6 is 0 Å². The molecular weight excluding hydrogens is 302 g/mol. The number of alkyl carbamates (subject to hydrolysis) is 1. The van der Waals surface area contributed by atoms with E-state index in [1.165, 1.54) is 7.11 Å². The van der Waals surface area contributed by atoms with E-state index in [9.17, 15) is 14.7 Å². The Bertz CT molecular complexity index is 527. The van der Waals surface area contributed by atoms with E-state index in [0.717, 1.165) is 5.56 Å². The maximum absolute atomic E-state index is 11.9. The van der Waals surface area contributed by atoms with Gasteiger partial charge in [0.15, 0.2) is 6.04 Å². The predicted octanol–water partition coefficient (Wildman–Crippen LogP) is 0.996. The minimum atomic E-state index is -1.41. The normalized spacial score (nSPS) is 17.8. The van der Waals surface area contributed by atoms with Crippen LogP contribution in [0.3, 0.4) is 0 Å². The van der Waals surface area contributed by atoms with Crippen molar-refractivity contribution in [1.82, 2.24) is 5.32 Å². The minimum Gasteiger partial charge on any atom is -0.467 e. The number of ether oxygens (including phenoxy) is 3. The van der Waals surface area contributed by atoms with Gasteiger partial charge in [0.05, 0.1) is 7.11 Å². The molecule has 1 aliphatic rings. The van der Waals surface area contributed by atoms with Crippen LogP contribution < -0.4 is 5.32 Å². The van der Waals surface area contributed by atoms with Gasteiger partial charge in [-0.1, -0.05) is 30.3 Å². The molecule has 2 rings (SSSR count). The zero-order valence-electron chi connectivity index (χ0n) is 13.0. The van der Waals surface area contributed by atoms with Crippen molar-refractivity contribution < 1.29 is 28.9 Å². The highest BCUT2D eigenvalue weighted by Crippen LogP contribution is 2.25. The van der Waals surface area contributed by atoms with Crippen LogP contribution in [0.15, 0.2) is 30.3 Å². The van der Waals surface area contributed by atoms with Crippen LogP contribution in [0.4, 0.5) is 4.79 Å². The quantitative estimate of drug-likeness (QED) is 0.785. The highest BCUT2D eigenvalue weighted by molar-refractivity contribution is 5.82. The third-order valence-corrected chi connectivity index (χ3v) is 3.81. The topological polar surface area (TPSA) is 94.1 Å². The number of amides is 1. The van der Waals surface area contributed by atoms with Crippen molar-refractivity contribution in [3.63, 3.8) is 0 Å². The summed E-state index contributed by atoms with van der Waals surface area (Å²) in [5.74, 6) is -0.717. The molecule has 1 saturated heterocycles. The molecule has 1 heterocycles. The third-order valence-electron chi connectivity index (χ3n) is 3.81. The molecule has 1 amide bonds. The molecule has 1 aliphatic heterocycles. The van der Waals surface area contributed by atoms with Crippen molar-refractivity contribution in [2.75, 3.05) is 20.3 Å². The lowest BCUT2D eigenvalue weighted by atomic mass is 9.86. The molecule has 0 bridgehead atoms. The molecule has 1 aromatic rings. The molecule has 2 N–H and O–H groups in total. The fourth-order valence-corrected chi connectivity index (χ4v) is 2.43. The third kappa shape index (κ3) is 4.67. The van der Waals surface area contributed by atoms with E-state index in [2.05, 4.69) is 10.1 Å². The Kier molecular flexibility index (Phi) is 5.95. The molecule has 7 nitrogen and oxygen atoms in total. The molecule has 126 valence electrons. The first kappa shape index (κ1) is 17.2. The van der Waals surface area contributed by atoms with Gasteiger partial charge in [-0.05, 0) is 5.56 Å². The van der Waals surface area contributed by atoms with Crippen molar-refractivity contribution in [2.24, 2.45) is 0 Å². The summed E-state index contributed by atoms with van der Waals surface area (Å²) in [6.45, 7) is 0.692. The number of aliphatic hydroxyl groups is 1. The van der Waals surface area contributed by atoms with Crippen LogP contribution in [0.2, 0.25) is 0 Å². The zero-order valence-corrected chi connectivity index (χ0v) is 13.0. The second kappa shape index (κ2) is 7.94. The van der Waals surface area contributed by atoms with E-state index in [4.69, 9.17) is 9.47 Å². The first-order valence-corrected chi connectivity index (χ1v) is 7.40. The molecule has 0 aromatic heterocycles. The smallest absolute Gasteiger partial charge is 0.408 e. The SMILES string of the molecule is COC(=O)C(NC(=O)OCc1ccccc1)C1(O)CCOCC1. The van der Waals surface area contributed by atoms with Gasteiger partial charge in [-0.3, -0.25) is 0 Å². The molecule has 23 heavy (non-hydrogen) atoms. The molecule has 0 radical (unpaired) electrons. The molecule has 1 unspecified atom stereocenters. The Morgan fingerprint density at radius 2 is 1.96 bits per heavy atom. The van der Waals surface area contributed by atoms with E-state index < -0.39 is 23.7 Å². The number of hydrogen-bond donors (Lipinski definition) is 2. The Morgan fingerprint density at radius 3 is 2.57 bits per heavy atom. The molecule has 0 aliphatic carbocycles. The summed E-state index contributed by atoms with van der Waals surface area (Å²) >= 11 is 0. The summed E-state index contributed by atoms with van der Waals surface area (Å²) in [6.07, 6.45) is -0.332. The second-order valence-corrected chi connectivity index (χ2v) is 5.38. The van der Waals surface area contributed by atoms with Crippen molar-refractivity contribution in [1.29, 1.82) is 0 Å². The average molecular weight is 323 g/mol. The van der Waals surface area contributed by atoms with Gasteiger partial charge in [-0.15, -0.1) is 0 Å². The van der Waals surface area contributed by atoms with Crippen molar-refractivity contribution >= 4 is 12.1 Å². The first-order valence-electron chi connectivity index (χ1n) is 7.40. The molecule has 1 atom stereocenters. The van der Waals surface area contributed by atoms with Gasteiger partial charge in [0.25, 0.3) is 0 Å². The van der Waals surface area contributed by atoms with Crippen LogP contribution in [0, 0.1) is 0 Å². The molecule has 0 saturated carbocycles. The number of rotatable bonds is 5. The Labute approximate surface area is 134 Å². The van der Waals surface area contributed by atoms with Crippen molar-refractivity contribution in [2.45, 2.75) is 31.1 Å². The van der Waals surface area contributed by atoms with Crippen LogP contribution in [0.25, 0.3) is 0 Å². The van der Waals surface area contributed by atoms with E-state index in [1.807, 2.05) is 30.3 Å². The zero-order chi connectivity index (χ0) is 16.7. The number of carbonyl (C=O) groups excluding carboxylic acids is 2. The van der Waals surface area contributed by atoms with Gasteiger partial charge in [-0.2, -0.15) is 0 Å². The number of benzene rings is 1. The van der Waals surface area contributed by atoms with E-state index >= 15 is 0 Å². The Morgan fingerprint density at radius 1 is 1.30 bits per heavy atom. The van der Waals surface area contributed by atoms with Crippen LogP contribution in [-0.4, -0.2) is 49.1 Å². The largest absolute Gasteiger partial charge is 0.467 e. The fraction of sp³-hybridized carbons (Fsp3) is 0.500. The molecular formula is C16H21NO6. The van der Waals surface area contributed by atoms with Crippen LogP contribution in [0.5, 0.6) is 0 Å². The maximum atomic E-state index is 11.9. The lowest BCUT2D eigenvalue weighted by Gasteiger charge is -2.37. The monoisotopic (exact) mass is 323 g/mol. The van der Waals surface area contributed by atoms with Crippen molar-refractivity contribution in [3.8, 4) is 0 Å². The lowest BCUT2D eigenvalue weighted by molar-refractivity contribution is -0.156. The molecule has 0 spiro atoms. The van der Waals surface area contributed by atoms with Crippen molar-refractivity contribution in [3.05, 3.63) is 35.9 Å². The Balaban J connectivity index is 1.97. The van der Waals surface area contributed by atoms with Crippen LogP contribution in [-0.2, 0) is 25.6 Å². The number of nitrogens with one attached hydrogen (secondary N) is 1. The van der Waals surface area contributed by atoms with Gasteiger partial charge in [-0.25, -0.2) is 9.59 Å². The summed E-state index contributed by atoms with van der Waals surface area (Å²) in [5.41, 5.74) is -0.584. The number of carbonyl (C=O) groups is 2. The minimum absolute atomic E-state index is 0.0715. The second-order valence-electron chi connectivity index (χ2n) is 5.38. The van der Waals surface area contributed by atoms with Gasteiger partial charge in [0.2, 0.25) is 0 Å². The van der Waals surface area contributed by atoms with Gasteiger partial charge in [0, 0.05) is 26.1 Å². The maximum Gasteiger partial charge on any atom is 0.408 e. The van der Waals surface area contributed by atoms with Gasteiger partial charge in [0.1, 0.15) is 12.2 Å². The number of esters is 1. The van der Waals surface area contributed by atoms with E-state index in [0.29, 0.717) is 13.2 Å². The fourth-order valence-electron chi connectivity index (χ4n) is 2.43. The summed E-state index contributed by atoms with van der Waals surface area (Å²) in [6, 6.07) is 7.96. The first-order chi connectivity index (χ1) is 11.0. The summed E-state index contributed by atoms with van der Waals surface area (Å²) in [7, 11) is 1.20. The average Bonchev–Trinajstić information content (AvgIpc) is 2.58. The number of hydrogen-bond acceptors (Lipinski definition) is 6. The molecule has 1 fully saturated rings. The summed E-state index contributed by atoms with van der Waals surface area (Å²) in [5, 5.41) is 13.0. The highest BCUT2D eigenvalue weighted by Gasteiger charge is 2.44. The Hall–Kier alpha value is -2.12. The van der Waals surface area contributed by atoms with Gasteiger partial charge < -0.3 is 24.6 Å². The van der Waals surface area contributed by atoms with Gasteiger partial charge >= 0.3 is 12.1 Å².